The average Bonchev–Trinajstić information content (AvgIpc) is 2.70. The molecule has 0 radical (unpaired) electrons. The van der Waals surface area contributed by atoms with Crippen LogP contribution in [0.2, 0.25) is 0 Å². The molecule has 0 aromatic heterocycles. The molecule has 1 aromatic rings. The van der Waals surface area contributed by atoms with Gasteiger partial charge in [0.05, 0.1) is 0 Å². The topological polar surface area (TPSA) is 65.5 Å². The fraction of sp³-hybridized carbons (Fsp3) is 0.619. The van der Waals surface area contributed by atoms with E-state index in [2.05, 4.69) is 59.1 Å². The first kappa shape index (κ1) is 20.3. The van der Waals surface area contributed by atoms with Gasteiger partial charge >= 0.3 is 0 Å². The van der Waals surface area contributed by atoms with E-state index in [4.69, 9.17) is 0 Å². The molecule has 1 unspecified atom stereocenters. The van der Waals surface area contributed by atoms with E-state index < -0.39 is 0 Å². The van der Waals surface area contributed by atoms with Crippen molar-refractivity contribution < 1.29 is 4.79 Å². The molecule has 0 aliphatic heterocycles. The fourth-order valence-corrected chi connectivity index (χ4v) is 3.33. The third-order valence-electron chi connectivity index (χ3n) is 4.93. The van der Waals surface area contributed by atoms with Crippen molar-refractivity contribution >= 4 is 11.9 Å². The zero-order chi connectivity index (χ0) is 18.6. The Labute approximate surface area is 158 Å². The van der Waals surface area contributed by atoms with Crippen LogP contribution in [0.25, 0.3) is 0 Å². The van der Waals surface area contributed by atoms with E-state index >= 15 is 0 Å². The van der Waals surface area contributed by atoms with Crippen LogP contribution in [0.4, 0.5) is 0 Å². The van der Waals surface area contributed by atoms with Crippen molar-refractivity contribution in [3.8, 4) is 0 Å². The quantitative estimate of drug-likeness (QED) is 0.380. The summed E-state index contributed by atoms with van der Waals surface area (Å²) < 4.78 is 0. The molecule has 0 saturated heterocycles. The number of carbonyl (C=O) groups is 1. The van der Waals surface area contributed by atoms with Gasteiger partial charge in [0.1, 0.15) is 0 Å². The number of amides is 1. The summed E-state index contributed by atoms with van der Waals surface area (Å²) in [4.78, 5) is 16.8. The van der Waals surface area contributed by atoms with Gasteiger partial charge in [-0.15, -0.1) is 0 Å². The molecule has 3 N–H and O–H groups in total. The number of nitrogens with one attached hydrogen (secondary N) is 3. The number of benzene rings is 1. The van der Waals surface area contributed by atoms with Crippen molar-refractivity contribution in [2.75, 3.05) is 26.2 Å². The molecule has 0 spiro atoms. The fourth-order valence-electron chi connectivity index (χ4n) is 3.33. The van der Waals surface area contributed by atoms with Gasteiger partial charge in [-0.05, 0) is 25.3 Å². The summed E-state index contributed by atoms with van der Waals surface area (Å²) in [6, 6.07) is 10.4. The van der Waals surface area contributed by atoms with Crippen molar-refractivity contribution in [3.63, 3.8) is 0 Å². The predicted molar refractivity (Wildman–Crippen MR) is 108 cm³/mol. The molecule has 5 nitrogen and oxygen atoms in total. The molecule has 1 atom stereocenters. The molecule has 1 amide bonds. The van der Waals surface area contributed by atoms with Gasteiger partial charge in [-0.25, -0.2) is 0 Å². The van der Waals surface area contributed by atoms with Crippen molar-refractivity contribution in [3.05, 3.63) is 35.9 Å². The van der Waals surface area contributed by atoms with E-state index in [1.807, 2.05) is 6.07 Å². The highest BCUT2D eigenvalue weighted by Crippen LogP contribution is 2.23. The second-order valence-corrected chi connectivity index (χ2v) is 7.08. The van der Waals surface area contributed by atoms with Gasteiger partial charge < -0.3 is 16.0 Å². The molecule has 0 heterocycles. The van der Waals surface area contributed by atoms with Gasteiger partial charge in [0.2, 0.25) is 5.91 Å². The highest BCUT2D eigenvalue weighted by Gasteiger charge is 2.20. The molecular formula is C21H34N4O. The first-order chi connectivity index (χ1) is 12.7. The normalized spacial score (nSPS) is 16.8. The Morgan fingerprint density at radius 2 is 1.77 bits per heavy atom. The van der Waals surface area contributed by atoms with E-state index in [9.17, 15) is 4.79 Å². The average molecular weight is 359 g/mol. The van der Waals surface area contributed by atoms with Gasteiger partial charge in [-0.2, -0.15) is 0 Å². The Bertz CT molecular complexity index is 552. The number of aliphatic imine (C=N–C) groups is 1. The first-order valence-corrected chi connectivity index (χ1v) is 10.1. The molecule has 1 aromatic carbocycles. The van der Waals surface area contributed by atoms with Crippen molar-refractivity contribution in [1.29, 1.82) is 0 Å². The molecular weight excluding hydrogens is 324 g/mol. The summed E-state index contributed by atoms with van der Waals surface area (Å²) in [7, 11) is 0. The molecule has 5 heteroatoms. The standard InChI is InChI=1S/C21H34N4O/c1-3-22-21(25-16-17(2)18-10-6-4-7-11-18)24-15-14-23-20(26)19-12-8-5-9-13-19/h4,6-7,10-11,17,19H,3,5,8-9,12-16H2,1-2H3,(H,23,26)(H2,22,24,25). The molecule has 0 bridgehead atoms. The predicted octanol–water partition coefficient (Wildman–Crippen LogP) is 3.04. The van der Waals surface area contributed by atoms with Crippen LogP contribution in [0.5, 0.6) is 0 Å². The van der Waals surface area contributed by atoms with Crippen molar-refractivity contribution in [2.45, 2.75) is 51.9 Å². The summed E-state index contributed by atoms with van der Waals surface area (Å²) >= 11 is 0. The third kappa shape index (κ3) is 7.06. The zero-order valence-corrected chi connectivity index (χ0v) is 16.3. The smallest absolute Gasteiger partial charge is 0.223 e. The van der Waals surface area contributed by atoms with Crippen LogP contribution < -0.4 is 16.0 Å². The minimum Gasteiger partial charge on any atom is -0.357 e. The summed E-state index contributed by atoms with van der Waals surface area (Å²) in [6.07, 6.45) is 5.73. The third-order valence-corrected chi connectivity index (χ3v) is 4.93. The Balaban J connectivity index is 1.72. The number of guanidine groups is 1. The maximum atomic E-state index is 12.2. The van der Waals surface area contributed by atoms with Gasteiger partial charge in [-0.1, -0.05) is 56.5 Å². The molecule has 2 rings (SSSR count). The van der Waals surface area contributed by atoms with Crippen LogP contribution >= 0.6 is 0 Å². The molecule has 1 fully saturated rings. The Morgan fingerprint density at radius 3 is 2.46 bits per heavy atom. The highest BCUT2D eigenvalue weighted by molar-refractivity contribution is 5.80. The largest absolute Gasteiger partial charge is 0.357 e. The number of rotatable bonds is 8. The number of nitrogens with zero attached hydrogens (tertiary/aromatic N) is 1. The Hall–Kier alpha value is -2.04. The van der Waals surface area contributed by atoms with Crippen molar-refractivity contribution in [1.82, 2.24) is 16.0 Å². The molecule has 26 heavy (non-hydrogen) atoms. The van der Waals surface area contributed by atoms with Crippen LogP contribution in [-0.4, -0.2) is 38.0 Å². The Kier molecular flexibility index (Phi) is 9.01. The van der Waals surface area contributed by atoms with Crippen LogP contribution in [0, 0.1) is 5.92 Å². The van der Waals surface area contributed by atoms with E-state index in [1.165, 1.54) is 24.8 Å². The second kappa shape index (κ2) is 11.6. The maximum absolute atomic E-state index is 12.2. The lowest BCUT2D eigenvalue weighted by Crippen LogP contribution is -2.42. The van der Waals surface area contributed by atoms with E-state index in [0.717, 1.165) is 31.9 Å². The van der Waals surface area contributed by atoms with E-state index in [-0.39, 0.29) is 11.8 Å². The summed E-state index contributed by atoms with van der Waals surface area (Å²) in [5.41, 5.74) is 1.30. The lowest BCUT2D eigenvalue weighted by atomic mass is 9.89. The number of hydrogen-bond acceptors (Lipinski definition) is 2. The van der Waals surface area contributed by atoms with Gasteiger partial charge in [0, 0.05) is 38.0 Å². The van der Waals surface area contributed by atoms with Gasteiger partial charge in [-0.3, -0.25) is 9.79 Å². The molecule has 1 aliphatic carbocycles. The van der Waals surface area contributed by atoms with Gasteiger partial charge in [0.15, 0.2) is 5.96 Å². The number of hydrogen-bond donors (Lipinski definition) is 3. The summed E-state index contributed by atoms with van der Waals surface area (Å²) in [5, 5.41) is 9.63. The molecule has 144 valence electrons. The van der Waals surface area contributed by atoms with Crippen LogP contribution in [0.1, 0.15) is 57.4 Å². The van der Waals surface area contributed by atoms with E-state index in [1.54, 1.807) is 0 Å². The van der Waals surface area contributed by atoms with Crippen molar-refractivity contribution in [2.24, 2.45) is 10.9 Å². The zero-order valence-electron chi connectivity index (χ0n) is 16.3. The molecule has 1 saturated carbocycles. The first-order valence-electron chi connectivity index (χ1n) is 10.1. The monoisotopic (exact) mass is 358 g/mol. The lowest BCUT2D eigenvalue weighted by molar-refractivity contribution is -0.125. The van der Waals surface area contributed by atoms with E-state index in [0.29, 0.717) is 19.0 Å². The SMILES string of the molecule is CCNC(=NCC(C)c1ccccc1)NCCNC(=O)C1CCCCC1. The van der Waals surface area contributed by atoms with Gasteiger partial charge in [0.25, 0.3) is 0 Å². The van der Waals surface area contributed by atoms with Crippen LogP contribution in [0.3, 0.4) is 0 Å². The minimum atomic E-state index is 0.214. The molecule has 1 aliphatic rings. The Morgan fingerprint density at radius 1 is 1.08 bits per heavy atom. The summed E-state index contributed by atoms with van der Waals surface area (Å²) in [5.74, 6) is 1.61. The lowest BCUT2D eigenvalue weighted by Gasteiger charge is -2.21. The maximum Gasteiger partial charge on any atom is 0.223 e. The summed E-state index contributed by atoms with van der Waals surface area (Å²) in [6.45, 7) is 7.11. The van der Waals surface area contributed by atoms with Crippen LogP contribution in [0.15, 0.2) is 35.3 Å². The second-order valence-electron chi connectivity index (χ2n) is 7.08. The number of carbonyl (C=O) groups excluding carboxylic acids is 1. The minimum absolute atomic E-state index is 0.214. The van der Waals surface area contributed by atoms with Crippen LogP contribution in [-0.2, 0) is 4.79 Å². The highest BCUT2D eigenvalue weighted by atomic mass is 16.1.